The van der Waals surface area contributed by atoms with Crippen LogP contribution in [0.2, 0.25) is 0 Å². The van der Waals surface area contributed by atoms with Gasteiger partial charge in [0.2, 0.25) is 0 Å². The highest BCUT2D eigenvalue weighted by atomic mass is 16.6. The first-order valence-electron chi connectivity index (χ1n) is 13.9. The first kappa shape index (κ1) is 23.8. The molecule has 36 heavy (non-hydrogen) atoms. The topological polar surface area (TPSA) is 52.6 Å². The molecule has 8 unspecified atom stereocenters. The molecule has 0 aromatic heterocycles. The lowest BCUT2D eigenvalue weighted by Crippen LogP contribution is -2.48. The fraction of sp³-hybridized carbons (Fsp3) is 0.562. The van der Waals surface area contributed by atoms with Crippen LogP contribution >= 0.6 is 0 Å². The summed E-state index contributed by atoms with van der Waals surface area (Å²) >= 11 is 0. The molecule has 190 valence electrons. The van der Waals surface area contributed by atoms with Crippen LogP contribution < -0.4 is 0 Å². The summed E-state index contributed by atoms with van der Waals surface area (Å²) in [5.74, 6) is 3.42. The van der Waals surface area contributed by atoms with Crippen molar-refractivity contribution in [3.63, 3.8) is 0 Å². The van der Waals surface area contributed by atoms with Crippen molar-refractivity contribution in [2.24, 2.45) is 35.5 Å². The largest absolute Gasteiger partial charge is 0.455 e. The zero-order valence-corrected chi connectivity index (χ0v) is 21.9. The molecule has 0 aliphatic heterocycles. The van der Waals surface area contributed by atoms with Crippen molar-refractivity contribution in [1.82, 2.24) is 0 Å². The van der Waals surface area contributed by atoms with Gasteiger partial charge in [0.15, 0.2) is 0 Å². The number of hydrogen-bond acceptors (Lipinski definition) is 4. The predicted molar refractivity (Wildman–Crippen MR) is 139 cm³/mol. The van der Waals surface area contributed by atoms with Gasteiger partial charge in [-0.05, 0) is 96.6 Å². The number of esters is 2. The van der Waals surface area contributed by atoms with Gasteiger partial charge in [-0.25, -0.2) is 9.59 Å². The van der Waals surface area contributed by atoms with E-state index < -0.39 is 0 Å². The molecule has 0 heterocycles. The molecule has 2 aromatic carbocycles. The van der Waals surface area contributed by atoms with Gasteiger partial charge in [0.25, 0.3) is 0 Å². The summed E-state index contributed by atoms with van der Waals surface area (Å²) in [7, 11) is 0. The predicted octanol–water partition coefficient (Wildman–Crippen LogP) is 7.00. The van der Waals surface area contributed by atoms with Gasteiger partial charge in [-0.2, -0.15) is 0 Å². The molecule has 4 bridgehead atoms. The molecule has 2 aromatic rings. The zero-order valence-electron chi connectivity index (χ0n) is 21.9. The van der Waals surface area contributed by atoms with Crippen molar-refractivity contribution in [3.05, 3.63) is 70.8 Å². The van der Waals surface area contributed by atoms with Gasteiger partial charge in [0.05, 0.1) is 11.1 Å². The van der Waals surface area contributed by atoms with Crippen LogP contribution in [0.4, 0.5) is 0 Å². The van der Waals surface area contributed by atoms with Gasteiger partial charge in [-0.15, -0.1) is 0 Å². The van der Waals surface area contributed by atoms with E-state index in [4.69, 9.17) is 9.47 Å². The number of carbonyl (C=O) groups is 2. The van der Waals surface area contributed by atoms with E-state index in [1.165, 1.54) is 19.3 Å². The van der Waals surface area contributed by atoms with Crippen LogP contribution in [-0.2, 0) is 9.47 Å². The van der Waals surface area contributed by atoms with Gasteiger partial charge in [-0.1, -0.05) is 52.0 Å². The summed E-state index contributed by atoms with van der Waals surface area (Å²) in [6, 6.07) is 15.5. The Bertz CT molecular complexity index is 1080. The third kappa shape index (κ3) is 3.88. The molecular weight excluding hydrogens is 448 g/mol. The van der Waals surface area contributed by atoms with E-state index in [-0.39, 0.29) is 24.1 Å². The van der Waals surface area contributed by atoms with E-state index in [0.29, 0.717) is 46.6 Å². The minimum atomic E-state index is -0.358. The van der Waals surface area contributed by atoms with Crippen LogP contribution in [0.3, 0.4) is 0 Å². The molecule has 0 amide bonds. The second kappa shape index (κ2) is 9.04. The van der Waals surface area contributed by atoms with Crippen molar-refractivity contribution >= 4 is 11.9 Å². The van der Waals surface area contributed by atoms with Crippen LogP contribution in [0.15, 0.2) is 48.5 Å². The summed E-state index contributed by atoms with van der Waals surface area (Å²) in [6.45, 7) is 8.50. The second-order valence-corrected chi connectivity index (χ2v) is 12.4. The van der Waals surface area contributed by atoms with Crippen LogP contribution in [0.5, 0.6) is 0 Å². The van der Waals surface area contributed by atoms with E-state index >= 15 is 0 Å². The molecule has 0 spiro atoms. The molecule has 4 heteroatoms. The summed E-state index contributed by atoms with van der Waals surface area (Å²) in [5, 5.41) is 0. The van der Waals surface area contributed by atoms with E-state index in [1.54, 1.807) is 0 Å². The number of hydrogen-bond donors (Lipinski definition) is 0. The average molecular weight is 487 g/mol. The number of benzene rings is 2. The standard InChI is InChI=1S/C32H38O4/c1-17(2)19-7-5-9-23(13-19)31(33)35-29-25-16-26(28-22-12-11-21(15-22)27(25)28)30(29)36-32(34)24-10-6-8-20(14-24)18(3)4/h5-10,13-14,17-18,21-22,25-30H,11-12,15-16H2,1-4H3. The molecule has 0 N–H and O–H groups in total. The molecule has 4 fully saturated rings. The Morgan fingerprint density at radius 1 is 0.694 bits per heavy atom. The lowest BCUT2D eigenvalue weighted by atomic mass is 9.69. The normalized spacial score (nSPS) is 33.8. The van der Waals surface area contributed by atoms with Crippen molar-refractivity contribution < 1.29 is 19.1 Å². The fourth-order valence-electron chi connectivity index (χ4n) is 8.21. The van der Waals surface area contributed by atoms with Gasteiger partial charge in [0.1, 0.15) is 12.2 Å². The quantitative estimate of drug-likeness (QED) is 0.326. The molecular formula is C32H38O4. The molecule has 4 aliphatic rings. The van der Waals surface area contributed by atoms with Crippen molar-refractivity contribution in [2.45, 2.75) is 77.4 Å². The first-order valence-corrected chi connectivity index (χ1v) is 13.9. The minimum absolute atomic E-state index is 0.294. The summed E-state index contributed by atoms with van der Waals surface area (Å²) in [4.78, 5) is 26.7. The summed E-state index contributed by atoms with van der Waals surface area (Å²) < 4.78 is 12.6. The number of rotatable bonds is 6. The summed E-state index contributed by atoms with van der Waals surface area (Å²) in [6.07, 6.45) is 4.20. The SMILES string of the molecule is CC(C)c1cccc(C(=O)OC2C3CC(C2OC(=O)c2cccc(C(C)C)c2)C2C4CCC(C4)C32)c1. The fourth-order valence-corrected chi connectivity index (χ4v) is 8.21. The minimum Gasteiger partial charge on any atom is -0.455 e. The van der Waals surface area contributed by atoms with E-state index in [9.17, 15) is 9.59 Å². The van der Waals surface area contributed by atoms with Gasteiger partial charge < -0.3 is 9.47 Å². The van der Waals surface area contributed by atoms with Crippen LogP contribution in [0.1, 0.15) is 97.1 Å². The summed E-state index contributed by atoms with van der Waals surface area (Å²) in [5.41, 5.74) is 3.42. The molecule has 4 saturated carbocycles. The lowest BCUT2D eigenvalue weighted by molar-refractivity contribution is -0.0891. The second-order valence-electron chi connectivity index (χ2n) is 12.4. The van der Waals surface area contributed by atoms with Gasteiger partial charge in [-0.3, -0.25) is 0 Å². The molecule has 8 atom stereocenters. The Kier molecular flexibility index (Phi) is 5.97. The van der Waals surface area contributed by atoms with E-state index in [0.717, 1.165) is 29.4 Å². The molecule has 0 radical (unpaired) electrons. The van der Waals surface area contributed by atoms with Gasteiger partial charge >= 0.3 is 11.9 Å². The highest BCUT2D eigenvalue weighted by molar-refractivity contribution is 5.91. The van der Waals surface area contributed by atoms with E-state index in [2.05, 4.69) is 39.8 Å². The van der Waals surface area contributed by atoms with Crippen molar-refractivity contribution in [2.75, 3.05) is 0 Å². The Hall–Kier alpha value is -2.62. The third-order valence-corrected chi connectivity index (χ3v) is 9.81. The maximum atomic E-state index is 13.4. The molecule has 4 aliphatic carbocycles. The maximum absolute atomic E-state index is 13.4. The van der Waals surface area contributed by atoms with Crippen LogP contribution in [-0.4, -0.2) is 24.1 Å². The number of ether oxygens (including phenoxy) is 2. The lowest BCUT2D eigenvalue weighted by Gasteiger charge is -2.42. The van der Waals surface area contributed by atoms with Gasteiger partial charge in [0, 0.05) is 11.8 Å². The average Bonchev–Trinajstić information content (AvgIpc) is 3.65. The third-order valence-electron chi connectivity index (χ3n) is 9.81. The Morgan fingerprint density at radius 2 is 1.14 bits per heavy atom. The van der Waals surface area contributed by atoms with Crippen LogP contribution in [0.25, 0.3) is 0 Å². The first-order chi connectivity index (χ1) is 17.3. The Labute approximate surface area is 214 Å². The maximum Gasteiger partial charge on any atom is 0.338 e. The molecule has 6 rings (SSSR count). The smallest absolute Gasteiger partial charge is 0.338 e. The molecule has 4 nitrogen and oxygen atoms in total. The monoisotopic (exact) mass is 486 g/mol. The Morgan fingerprint density at radius 3 is 1.56 bits per heavy atom. The highest BCUT2D eigenvalue weighted by Crippen LogP contribution is 2.68. The van der Waals surface area contributed by atoms with Crippen LogP contribution in [0, 0.1) is 35.5 Å². The Balaban J connectivity index is 1.27. The van der Waals surface area contributed by atoms with Crippen molar-refractivity contribution in [3.8, 4) is 0 Å². The molecule has 0 saturated heterocycles. The van der Waals surface area contributed by atoms with Crippen molar-refractivity contribution in [1.29, 1.82) is 0 Å². The van der Waals surface area contributed by atoms with E-state index in [1.807, 2.05) is 36.4 Å². The highest BCUT2D eigenvalue weighted by Gasteiger charge is 2.68. The number of fused-ring (bicyclic) bond motifs is 9. The zero-order chi connectivity index (χ0) is 25.1. The number of carbonyl (C=O) groups excluding carboxylic acids is 2.